The van der Waals surface area contributed by atoms with Crippen LogP contribution in [0, 0.1) is 0 Å². The maximum absolute atomic E-state index is 6.61. The molecule has 0 N–H and O–H groups in total. The van der Waals surface area contributed by atoms with Crippen molar-refractivity contribution in [2.45, 2.75) is 0 Å². The third kappa shape index (κ3) is 4.93. The molecule has 53 heavy (non-hydrogen) atoms. The van der Waals surface area contributed by atoms with Gasteiger partial charge in [-0.25, -0.2) is 0 Å². The van der Waals surface area contributed by atoms with Crippen LogP contribution in [0.1, 0.15) is 0 Å². The predicted octanol–water partition coefficient (Wildman–Crippen LogP) is 15.1. The summed E-state index contributed by atoms with van der Waals surface area (Å²) in [4.78, 5) is 2.39. The molecule has 2 nitrogen and oxygen atoms in total. The summed E-state index contributed by atoms with van der Waals surface area (Å²) in [6.07, 6.45) is 0. The average Bonchev–Trinajstić information content (AvgIpc) is 3.79. The van der Waals surface area contributed by atoms with Crippen LogP contribution in [0.3, 0.4) is 0 Å². The molecule has 0 saturated heterocycles. The number of rotatable bonds is 5. The molecule has 0 saturated carbocycles. The number of furan rings is 1. The smallest absolute Gasteiger partial charge is 0.137 e. The summed E-state index contributed by atoms with van der Waals surface area (Å²) in [5.74, 6) is 0. The number of benzene rings is 9. The van der Waals surface area contributed by atoms with Crippen molar-refractivity contribution < 1.29 is 4.42 Å². The van der Waals surface area contributed by atoms with Crippen LogP contribution < -0.4 is 4.90 Å². The summed E-state index contributed by atoms with van der Waals surface area (Å²) < 4.78 is 9.20. The van der Waals surface area contributed by atoms with Gasteiger partial charge < -0.3 is 9.32 Å². The normalized spacial score (nSPS) is 11.8. The Morgan fingerprint density at radius 1 is 0.358 bits per heavy atom. The molecule has 2 aromatic heterocycles. The summed E-state index contributed by atoms with van der Waals surface area (Å²) in [5, 5.41) is 9.84. The van der Waals surface area contributed by atoms with E-state index in [9.17, 15) is 0 Å². The lowest BCUT2D eigenvalue weighted by Crippen LogP contribution is -2.10. The highest BCUT2D eigenvalue weighted by atomic mass is 32.1. The maximum atomic E-state index is 6.61. The van der Waals surface area contributed by atoms with Crippen LogP contribution in [-0.2, 0) is 0 Å². The Morgan fingerprint density at radius 3 is 1.91 bits per heavy atom. The second-order valence-corrected chi connectivity index (χ2v) is 14.8. The number of hydrogen-bond donors (Lipinski definition) is 0. The summed E-state index contributed by atoms with van der Waals surface area (Å²) in [5.41, 5.74) is 9.73. The molecule has 0 aliphatic carbocycles. The van der Waals surface area contributed by atoms with Gasteiger partial charge in [-0.15, -0.1) is 11.3 Å². The third-order valence-electron chi connectivity index (χ3n) is 10.6. The fraction of sp³-hybridized carbons (Fsp3) is 0. The molecule has 0 amide bonds. The van der Waals surface area contributed by atoms with E-state index < -0.39 is 0 Å². The van der Waals surface area contributed by atoms with E-state index in [-0.39, 0.29) is 0 Å². The van der Waals surface area contributed by atoms with Crippen molar-refractivity contribution in [3.8, 4) is 22.3 Å². The fourth-order valence-electron chi connectivity index (χ4n) is 8.08. The SMILES string of the molecule is c1ccc(-c2ccc3c(c2)oc2cccc(N(c4ccc(-c5ccc6c(ccc7ccccc76)c5)cc4)c4ccc5sc6ccccc6c5c4)c23)cc1. The highest BCUT2D eigenvalue weighted by Gasteiger charge is 2.21. The lowest BCUT2D eigenvalue weighted by Gasteiger charge is -2.26. The van der Waals surface area contributed by atoms with E-state index in [4.69, 9.17) is 4.42 Å². The Labute approximate surface area is 310 Å². The zero-order chi connectivity index (χ0) is 34.9. The van der Waals surface area contributed by atoms with Crippen LogP contribution in [0.15, 0.2) is 192 Å². The van der Waals surface area contributed by atoms with Crippen LogP contribution >= 0.6 is 11.3 Å². The van der Waals surface area contributed by atoms with E-state index in [0.29, 0.717) is 0 Å². The molecule has 11 rings (SSSR count). The quantitative estimate of drug-likeness (QED) is 0.167. The molecular formula is C50H31NOS. The topological polar surface area (TPSA) is 16.4 Å². The second-order valence-electron chi connectivity index (χ2n) is 13.7. The minimum Gasteiger partial charge on any atom is -0.456 e. The van der Waals surface area contributed by atoms with Crippen molar-refractivity contribution in [2.24, 2.45) is 0 Å². The molecule has 0 atom stereocenters. The highest BCUT2D eigenvalue weighted by molar-refractivity contribution is 7.25. The Balaban J connectivity index is 1.08. The first-order chi connectivity index (χ1) is 26.2. The summed E-state index contributed by atoms with van der Waals surface area (Å²) in [6, 6.07) is 68.0. The van der Waals surface area contributed by atoms with Crippen LogP contribution in [0.4, 0.5) is 17.1 Å². The van der Waals surface area contributed by atoms with Gasteiger partial charge in [-0.05, 0) is 111 Å². The number of anilines is 3. The van der Waals surface area contributed by atoms with Gasteiger partial charge in [0.25, 0.3) is 0 Å². The van der Waals surface area contributed by atoms with Gasteiger partial charge in [-0.1, -0.05) is 121 Å². The molecular weight excluding hydrogens is 663 g/mol. The van der Waals surface area contributed by atoms with E-state index in [1.807, 2.05) is 11.3 Å². The monoisotopic (exact) mass is 693 g/mol. The molecule has 0 aliphatic heterocycles. The number of fused-ring (bicyclic) bond motifs is 9. The molecule has 0 aliphatic rings. The summed E-state index contributed by atoms with van der Waals surface area (Å²) in [6.45, 7) is 0. The lowest BCUT2D eigenvalue weighted by atomic mass is 9.97. The van der Waals surface area contributed by atoms with E-state index in [2.05, 4.69) is 193 Å². The van der Waals surface area contributed by atoms with E-state index in [1.165, 1.54) is 58.4 Å². The molecule has 2 heterocycles. The first-order valence-electron chi connectivity index (χ1n) is 18.0. The van der Waals surface area contributed by atoms with Crippen molar-refractivity contribution >= 4 is 92.1 Å². The van der Waals surface area contributed by atoms with Crippen molar-refractivity contribution in [2.75, 3.05) is 4.90 Å². The van der Waals surface area contributed by atoms with Gasteiger partial charge >= 0.3 is 0 Å². The van der Waals surface area contributed by atoms with Crippen molar-refractivity contribution in [3.63, 3.8) is 0 Å². The number of hydrogen-bond acceptors (Lipinski definition) is 3. The van der Waals surface area contributed by atoms with Gasteiger partial charge in [0, 0.05) is 36.9 Å². The van der Waals surface area contributed by atoms with Crippen LogP contribution in [-0.4, -0.2) is 0 Å². The molecule has 248 valence electrons. The van der Waals surface area contributed by atoms with Gasteiger partial charge in [0.2, 0.25) is 0 Å². The van der Waals surface area contributed by atoms with E-state index in [1.54, 1.807) is 0 Å². The third-order valence-corrected chi connectivity index (χ3v) is 11.8. The predicted molar refractivity (Wildman–Crippen MR) is 227 cm³/mol. The van der Waals surface area contributed by atoms with E-state index >= 15 is 0 Å². The molecule has 0 unspecified atom stereocenters. The lowest BCUT2D eigenvalue weighted by molar-refractivity contribution is 0.669. The molecule has 0 bridgehead atoms. The Kier molecular flexibility index (Phi) is 6.76. The van der Waals surface area contributed by atoms with Gasteiger partial charge in [0.05, 0.1) is 11.1 Å². The van der Waals surface area contributed by atoms with Crippen molar-refractivity contribution in [3.05, 3.63) is 188 Å². The molecule has 0 fully saturated rings. The Hall–Kier alpha value is -6.68. The van der Waals surface area contributed by atoms with Crippen molar-refractivity contribution in [1.29, 1.82) is 0 Å². The zero-order valence-electron chi connectivity index (χ0n) is 28.7. The van der Waals surface area contributed by atoms with E-state index in [0.717, 1.165) is 44.6 Å². The van der Waals surface area contributed by atoms with Gasteiger partial charge in [-0.2, -0.15) is 0 Å². The average molecular weight is 694 g/mol. The number of nitrogens with zero attached hydrogens (tertiary/aromatic N) is 1. The molecule has 0 radical (unpaired) electrons. The zero-order valence-corrected chi connectivity index (χ0v) is 29.5. The van der Waals surface area contributed by atoms with Crippen LogP contribution in [0.5, 0.6) is 0 Å². The summed E-state index contributed by atoms with van der Waals surface area (Å²) in [7, 11) is 0. The molecule has 3 heteroatoms. The second kappa shape index (κ2) is 11.9. The van der Waals surface area contributed by atoms with Crippen LogP contribution in [0.2, 0.25) is 0 Å². The first-order valence-corrected chi connectivity index (χ1v) is 18.8. The maximum Gasteiger partial charge on any atom is 0.137 e. The molecule has 11 aromatic rings. The minimum atomic E-state index is 0.870. The molecule has 0 spiro atoms. The van der Waals surface area contributed by atoms with Crippen LogP contribution in [0.25, 0.3) is 85.9 Å². The Bertz CT molecular complexity index is 3170. The minimum absolute atomic E-state index is 0.870. The largest absolute Gasteiger partial charge is 0.456 e. The van der Waals surface area contributed by atoms with Gasteiger partial charge in [0.1, 0.15) is 11.2 Å². The number of thiophene rings is 1. The molecule has 9 aromatic carbocycles. The highest BCUT2D eigenvalue weighted by Crippen LogP contribution is 2.46. The fourth-order valence-corrected chi connectivity index (χ4v) is 9.17. The standard InChI is InChI=1S/C50H31NOS/c1-2-9-32(10-3-1)36-22-27-43-47(30-36)52-46-15-8-14-45(50(43)46)51(39-25-28-49-44(31-39)42-13-6-7-16-48(42)53-49)38-23-19-33(20-24-38)35-21-26-41-37(29-35)18-17-34-11-4-5-12-40(34)41/h1-31H. The summed E-state index contributed by atoms with van der Waals surface area (Å²) >= 11 is 1.85. The van der Waals surface area contributed by atoms with Gasteiger partial charge in [0.15, 0.2) is 0 Å². The van der Waals surface area contributed by atoms with Crippen molar-refractivity contribution in [1.82, 2.24) is 0 Å². The first kappa shape index (κ1) is 30.0. The van der Waals surface area contributed by atoms with Gasteiger partial charge in [-0.3, -0.25) is 0 Å². The Morgan fingerprint density at radius 2 is 1.02 bits per heavy atom.